The monoisotopic (exact) mass is 413 g/mol. The van der Waals surface area contributed by atoms with Gasteiger partial charge in [0.05, 0.1) is 13.2 Å². The molecule has 2 atom stereocenters. The largest absolute Gasteiger partial charge is 0.379 e. The molecule has 0 spiro atoms. The lowest BCUT2D eigenvalue weighted by molar-refractivity contribution is -0.124. The fourth-order valence-corrected chi connectivity index (χ4v) is 3.34. The van der Waals surface area contributed by atoms with Crippen molar-refractivity contribution in [1.82, 2.24) is 5.32 Å². The summed E-state index contributed by atoms with van der Waals surface area (Å²) in [4.78, 5) is 11.6. The first kappa shape index (κ1) is 28.4. The van der Waals surface area contributed by atoms with Gasteiger partial charge in [0.25, 0.3) is 0 Å². The SMILES string of the molecule is CCCCCCC(C)CCCCCOCCOCCCCCNC(=O)C(C)CC. The van der Waals surface area contributed by atoms with Crippen LogP contribution in [0.5, 0.6) is 0 Å². The molecule has 4 heteroatoms. The number of amides is 1. The zero-order valence-electron chi connectivity index (χ0n) is 20.1. The molecule has 0 aromatic rings. The molecule has 2 unspecified atom stereocenters. The minimum Gasteiger partial charge on any atom is -0.379 e. The van der Waals surface area contributed by atoms with E-state index in [0.29, 0.717) is 13.2 Å². The van der Waals surface area contributed by atoms with E-state index in [1.165, 1.54) is 57.8 Å². The van der Waals surface area contributed by atoms with Crippen molar-refractivity contribution >= 4 is 5.91 Å². The Morgan fingerprint density at radius 3 is 1.83 bits per heavy atom. The third-order valence-corrected chi connectivity index (χ3v) is 5.73. The summed E-state index contributed by atoms with van der Waals surface area (Å²) in [5, 5.41) is 2.99. The predicted molar refractivity (Wildman–Crippen MR) is 124 cm³/mol. The molecule has 0 saturated heterocycles. The maximum Gasteiger partial charge on any atom is 0.222 e. The molecule has 0 rings (SSSR count). The number of carbonyl (C=O) groups excluding carboxylic acids is 1. The molecule has 0 fully saturated rings. The van der Waals surface area contributed by atoms with Crippen molar-refractivity contribution in [3.63, 3.8) is 0 Å². The number of carbonyl (C=O) groups is 1. The lowest BCUT2D eigenvalue weighted by Crippen LogP contribution is -2.29. The van der Waals surface area contributed by atoms with Gasteiger partial charge in [-0.25, -0.2) is 0 Å². The highest BCUT2D eigenvalue weighted by Gasteiger charge is 2.08. The fourth-order valence-electron chi connectivity index (χ4n) is 3.34. The predicted octanol–water partition coefficient (Wildman–Crippen LogP) is 6.52. The number of hydrogen-bond acceptors (Lipinski definition) is 3. The van der Waals surface area contributed by atoms with Crippen LogP contribution in [0.25, 0.3) is 0 Å². The van der Waals surface area contributed by atoms with Crippen molar-refractivity contribution in [2.75, 3.05) is 33.0 Å². The summed E-state index contributed by atoms with van der Waals surface area (Å²) < 4.78 is 11.3. The fraction of sp³-hybridized carbons (Fsp3) is 0.960. The molecule has 0 bridgehead atoms. The van der Waals surface area contributed by atoms with Gasteiger partial charge in [-0.1, -0.05) is 79.1 Å². The highest BCUT2D eigenvalue weighted by molar-refractivity contribution is 5.78. The van der Waals surface area contributed by atoms with Gasteiger partial charge in [0.1, 0.15) is 0 Å². The molecule has 0 saturated carbocycles. The second kappa shape index (κ2) is 22.1. The second-order valence-corrected chi connectivity index (χ2v) is 8.69. The van der Waals surface area contributed by atoms with Crippen LogP contribution < -0.4 is 5.32 Å². The van der Waals surface area contributed by atoms with E-state index in [4.69, 9.17) is 9.47 Å². The number of ether oxygens (including phenoxy) is 2. The molecule has 0 aliphatic rings. The average Bonchev–Trinajstić information content (AvgIpc) is 2.73. The van der Waals surface area contributed by atoms with Crippen LogP contribution >= 0.6 is 0 Å². The van der Waals surface area contributed by atoms with Crippen molar-refractivity contribution in [3.8, 4) is 0 Å². The molecule has 0 heterocycles. The van der Waals surface area contributed by atoms with Gasteiger partial charge in [-0.05, 0) is 38.0 Å². The molecule has 0 radical (unpaired) electrons. The normalized spacial score (nSPS) is 13.4. The first-order valence-corrected chi connectivity index (χ1v) is 12.5. The molecule has 4 nitrogen and oxygen atoms in total. The summed E-state index contributed by atoms with van der Waals surface area (Å²) in [6.07, 6.45) is 16.2. The van der Waals surface area contributed by atoms with Crippen LogP contribution in [0.2, 0.25) is 0 Å². The summed E-state index contributed by atoms with van der Waals surface area (Å²) in [6.45, 7) is 12.5. The van der Waals surface area contributed by atoms with Crippen LogP contribution in [-0.2, 0) is 14.3 Å². The standard InChI is InChI=1S/C25H51NO3/c1-5-7-8-11-16-23(3)17-12-9-14-19-28-21-22-29-20-15-10-13-18-26-25(27)24(4)6-2/h23-24H,5-22H2,1-4H3,(H,26,27). The van der Waals surface area contributed by atoms with Crippen LogP contribution in [0.1, 0.15) is 111 Å². The third kappa shape index (κ3) is 20.4. The van der Waals surface area contributed by atoms with Crippen molar-refractivity contribution in [2.45, 2.75) is 111 Å². The Labute approximate surface area is 181 Å². The van der Waals surface area contributed by atoms with Crippen LogP contribution in [0.15, 0.2) is 0 Å². The highest BCUT2D eigenvalue weighted by atomic mass is 16.5. The molecule has 0 aromatic heterocycles. The topological polar surface area (TPSA) is 47.6 Å². The maximum atomic E-state index is 11.6. The summed E-state index contributed by atoms with van der Waals surface area (Å²) >= 11 is 0. The van der Waals surface area contributed by atoms with Crippen molar-refractivity contribution in [3.05, 3.63) is 0 Å². The van der Waals surface area contributed by atoms with Crippen molar-refractivity contribution in [2.24, 2.45) is 11.8 Å². The number of unbranched alkanes of at least 4 members (excludes halogenated alkanes) is 7. The van der Waals surface area contributed by atoms with E-state index in [-0.39, 0.29) is 11.8 Å². The quantitative estimate of drug-likeness (QED) is 0.206. The van der Waals surface area contributed by atoms with E-state index >= 15 is 0 Å². The highest BCUT2D eigenvalue weighted by Crippen LogP contribution is 2.17. The summed E-state index contributed by atoms with van der Waals surface area (Å²) in [7, 11) is 0. The van der Waals surface area contributed by atoms with Gasteiger partial charge in [0, 0.05) is 25.7 Å². The Balaban J connectivity index is 3.18. The van der Waals surface area contributed by atoms with Crippen molar-refractivity contribution < 1.29 is 14.3 Å². The molecule has 0 aliphatic heterocycles. The molecular weight excluding hydrogens is 362 g/mol. The van der Waals surface area contributed by atoms with Gasteiger partial charge in [0.15, 0.2) is 0 Å². The zero-order valence-corrected chi connectivity index (χ0v) is 20.1. The molecule has 1 amide bonds. The van der Waals surface area contributed by atoms with Crippen LogP contribution in [0.3, 0.4) is 0 Å². The number of nitrogens with one attached hydrogen (secondary N) is 1. The van der Waals surface area contributed by atoms with Gasteiger partial charge in [-0.2, -0.15) is 0 Å². The van der Waals surface area contributed by atoms with Gasteiger partial charge >= 0.3 is 0 Å². The first-order valence-electron chi connectivity index (χ1n) is 12.5. The molecule has 174 valence electrons. The maximum absolute atomic E-state index is 11.6. The Kier molecular flexibility index (Phi) is 21.6. The molecular formula is C25H51NO3. The molecule has 1 N–H and O–H groups in total. The lowest BCUT2D eigenvalue weighted by atomic mass is 9.97. The van der Waals surface area contributed by atoms with Gasteiger partial charge in [-0.3, -0.25) is 4.79 Å². The first-order chi connectivity index (χ1) is 14.1. The van der Waals surface area contributed by atoms with E-state index in [1.54, 1.807) is 0 Å². The lowest BCUT2D eigenvalue weighted by Gasteiger charge is -2.11. The Morgan fingerprint density at radius 2 is 1.28 bits per heavy atom. The van der Waals surface area contributed by atoms with E-state index < -0.39 is 0 Å². The number of rotatable bonds is 22. The van der Waals surface area contributed by atoms with Crippen LogP contribution in [-0.4, -0.2) is 38.9 Å². The van der Waals surface area contributed by atoms with Crippen molar-refractivity contribution in [1.29, 1.82) is 0 Å². The summed E-state index contributed by atoms with van der Waals surface area (Å²) in [5.41, 5.74) is 0. The minimum absolute atomic E-state index is 0.127. The van der Waals surface area contributed by atoms with E-state index in [1.807, 2.05) is 13.8 Å². The minimum atomic E-state index is 0.127. The Bertz CT molecular complexity index is 349. The Hall–Kier alpha value is -0.610. The zero-order chi connectivity index (χ0) is 21.6. The van der Waals surface area contributed by atoms with E-state index in [0.717, 1.165) is 51.4 Å². The van der Waals surface area contributed by atoms with E-state index in [2.05, 4.69) is 19.2 Å². The van der Waals surface area contributed by atoms with Gasteiger partial charge in [0.2, 0.25) is 5.91 Å². The summed E-state index contributed by atoms with van der Waals surface area (Å²) in [6, 6.07) is 0. The van der Waals surface area contributed by atoms with Crippen LogP contribution in [0, 0.1) is 11.8 Å². The number of hydrogen-bond donors (Lipinski definition) is 1. The molecule has 29 heavy (non-hydrogen) atoms. The van der Waals surface area contributed by atoms with E-state index in [9.17, 15) is 4.79 Å². The smallest absolute Gasteiger partial charge is 0.222 e. The van der Waals surface area contributed by atoms with Gasteiger partial charge in [-0.15, -0.1) is 0 Å². The van der Waals surface area contributed by atoms with Gasteiger partial charge < -0.3 is 14.8 Å². The molecule has 0 aromatic carbocycles. The third-order valence-electron chi connectivity index (χ3n) is 5.73. The Morgan fingerprint density at radius 1 is 0.724 bits per heavy atom. The summed E-state index contributed by atoms with van der Waals surface area (Å²) in [5.74, 6) is 1.19. The molecule has 0 aliphatic carbocycles. The van der Waals surface area contributed by atoms with Crippen LogP contribution in [0.4, 0.5) is 0 Å². The second-order valence-electron chi connectivity index (χ2n) is 8.69. The average molecular weight is 414 g/mol.